The number of likely N-dealkylation sites (tertiary alicyclic amines) is 1. The molecule has 1 aliphatic carbocycles. The van der Waals surface area contributed by atoms with E-state index in [2.05, 4.69) is 5.32 Å². The van der Waals surface area contributed by atoms with Crippen LogP contribution in [0.5, 0.6) is 0 Å². The van der Waals surface area contributed by atoms with Crippen molar-refractivity contribution in [1.29, 1.82) is 0 Å². The van der Waals surface area contributed by atoms with E-state index in [1.807, 2.05) is 27.7 Å². The highest BCUT2D eigenvalue weighted by Crippen LogP contribution is 2.48. The number of hydrogen-bond donors (Lipinski definition) is 1. The third kappa shape index (κ3) is 4.29. The molecule has 1 aromatic carbocycles. The molecule has 7 nitrogen and oxygen atoms in total. The van der Waals surface area contributed by atoms with Gasteiger partial charge in [0.05, 0.1) is 18.7 Å². The average molecular weight is 388 g/mol. The van der Waals surface area contributed by atoms with E-state index in [0.29, 0.717) is 17.9 Å². The number of fused-ring (bicyclic) bond motifs is 1. The largest absolute Gasteiger partial charge is 0.465 e. The van der Waals surface area contributed by atoms with Crippen LogP contribution in [0, 0.1) is 5.92 Å². The number of amides is 2. The van der Waals surface area contributed by atoms with Crippen molar-refractivity contribution in [2.75, 3.05) is 7.11 Å². The Hall–Kier alpha value is -2.57. The summed E-state index contributed by atoms with van der Waals surface area (Å²) in [7, 11) is 1.33. The SMILES string of the molecule is COC(=O)c1ccc([C@H](C)NC(=O)[C@H]2CC3CC3N2C(=O)OC(C)(C)C)cc1. The fourth-order valence-electron chi connectivity index (χ4n) is 3.69. The van der Waals surface area contributed by atoms with Gasteiger partial charge in [0.25, 0.3) is 0 Å². The van der Waals surface area contributed by atoms with E-state index in [1.54, 1.807) is 29.2 Å². The summed E-state index contributed by atoms with van der Waals surface area (Å²) in [5.41, 5.74) is 0.726. The Morgan fingerprint density at radius 2 is 1.79 bits per heavy atom. The second-order valence-corrected chi connectivity index (χ2v) is 8.55. The summed E-state index contributed by atoms with van der Waals surface area (Å²) in [6.07, 6.45) is 1.19. The van der Waals surface area contributed by atoms with E-state index in [-0.39, 0.29) is 18.0 Å². The Bertz CT molecular complexity index is 768. The van der Waals surface area contributed by atoms with Crippen molar-refractivity contribution >= 4 is 18.0 Å². The van der Waals surface area contributed by atoms with Gasteiger partial charge in [-0.15, -0.1) is 0 Å². The van der Waals surface area contributed by atoms with E-state index in [4.69, 9.17) is 9.47 Å². The van der Waals surface area contributed by atoms with Gasteiger partial charge >= 0.3 is 12.1 Å². The van der Waals surface area contributed by atoms with Crippen molar-refractivity contribution in [3.8, 4) is 0 Å². The molecule has 1 saturated carbocycles. The summed E-state index contributed by atoms with van der Waals surface area (Å²) in [6, 6.07) is 6.26. The van der Waals surface area contributed by atoms with E-state index < -0.39 is 23.7 Å². The van der Waals surface area contributed by atoms with Gasteiger partial charge in [-0.25, -0.2) is 9.59 Å². The molecular weight excluding hydrogens is 360 g/mol. The Morgan fingerprint density at radius 3 is 2.36 bits per heavy atom. The minimum atomic E-state index is -0.597. The first-order valence-electron chi connectivity index (χ1n) is 9.60. The molecule has 2 fully saturated rings. The molecule has 7 heteroatoms. The van der Waals surface area contributed by atoms with Gasteiger partial charge in [-0.1, -0.05) is 12.1 Å². The molecule has 1 heterocycles. The fourth-order valence-corrected chi connectivity index (χ4v) is 3.69. The maximum atomic E-state index is 12.9. The number of piperidine rings is 1. The summed E-state index contributed by atoms with van der Waals surface area (Å²) < 4.78 is 10.2. The number of carbonyl (C=O) groups is 3. The Morgan fingerprint density at radius 1 is 1.14 bits per heavy atom. The molecule has 1 aliphatic heterocycles. The van der Waals surface area contributed by atoms with E-state index in [1.165, 1.54) is 7.11 Å². The average Bonchev–Trinajstić information content (AvgIpc) is 3.28. The molecule has 2 amide bonds. The number of nitrogens with one attached hydrogen (secondary N) is 1. The van der Waals surface area contributed by atoms with Gasteiger partial charge in [-0.05, 0) is 64.2 Å². The van der Waals surface area contributed by atoms with Gasteiger partial charge in [-0.3, -0.25) is 9.69 Å². The molecule has 2 aliphatic rings. The summed E-state index contributed by atoms with van der Waals surface area (Å²) in [5.74, 6) is -0.193. The van der Waals surface area contributed by atoms with Gasteiger partial charge in [0, 0.05) is 6.04 Å². The summed E-state index contributed by atoms with van der Waals surface area (Å²) >= 11 is 0. The number of rotatable bonds is 4. The van der Waals surface area contributed by atoms with Gasteiger partial charge < -0.3 is 14.8 Å². The van der Waals surface area contributed by atoms with Crippen LogP contribution in [0.2, 0.25) is 0 Å². The minimum Gasteiger partial charge on any atom is -0.465 e. The number of hydrogen-bond acceptors (Lipinski definition) is 5. The van der Waals surface area contributed by atoms with E-state index in [0.717, 1.165) is 12.0 Å². The first-order chi connectivity index (χ1) is 13.1. The van der Waals surface area contributed by atoms with Crippen molar-refractivity contribution in [1.82, 2.24) is 10.2 Å². The molecule has 0 bridgehead atoms. The fraction of sp³-hybridized carbons (Fsp3) is 0.571. The first-order valence-corrected chi connectivity index (χ1v) is 9.60. The highest BCUT2D eigenvalue weighted by Gasteiger charge is 2.57. The standard InChI is InChI=1S/C21H28N2O5/c1-12(13-6-8-14(9-7-13)19(25)27-5)22-18(24)17-11-15-10-16(15)23(17)20(26)28-21(2,3)4/h6-9,12,15-17H,10-11H2,1-5H3,(H,22,24)/t12-,15?,16?,17+/m0/s1. The van der Waals surface area contributed by atoms with Gasteiger partial charge in [0.1, 0.15) is 11.6 Å². The van der Waals surface area contributed by atoms with Crippen molar-refractivity contribution in [3.05, 3.63) is 35.4 Å². The Kier molecular flexibility index (Phi) is 5.37. The molecule has 0 radical (unpaired) electrons. The monoisotopic (exact) mass is 388 g/mol. The summed E-state index contributed by atoms with van der Waals surface area (Å²) in [5, 5.41) is 2.99. The summed E-state index contributed by atoms with van der Waals surface area (Å²) in [4.78, 5) is 38.6. The third-order valence-corrected chi connectivity index (χ3v) is 5.20. The van der Waals surface area contributed by atoms with Gasteiger partial charge in [0.15, 0.2) is 0 Å². The second kappa shape index (κ2) is 7.45. The molecule has 28 heavy (non-hydrogen) atoms. The van der Waals surface area contributed by atoms with E-state index >= 15 is 0 Å². The topological polar surface area (TPSA) is 84.9 Å². The molecule has 1 N–H and O–H groups in total. The molecule has 4 atom stereocenters. The normalized spacial score (nSPS) is 24.2. The zero-order valence-electron chi connectivity index (χ0n) is 17.0. The van der Waals surface area contributed by atoms with Crippen LogP contribution in [-0.2, 0) is 14.3 Å². The molecule has 152 valence electrons. The van der Waals surface area contributed by atoms with Crippen molar-refractivity contribution in [2.45, 2.75) is 64.3 Å². The van der Waals surface area contributed by atoms with Crippen LogP contribution < -0.4 is 5.32 Å². The number of methoxy groups -OCH3 is 1. The molecule has 0 aromatic heterocycles. The zero-order valence-corrected chi connectivity index (χ0v) is 17.0. The number of carbonyl (C=O) groups excluding carboxylic acids is 3. The predicted octanol–water partition coefficient (Wildman–Crippen LogP) is 3.05. The van der Waals surface area contributed by atoms with Crippen molar-refractivity contribution < 1.29 is 23.9 Å². The number of ether oxygens (including phenoxy) is 2. The number of benzene rings is 1. The Balaban J connectivity index is 1.64. The smallest absolute Gasteiger partial charge is 0.411 e. The molecule has 2 unspecified atom stereocenters. The predicted molar refractivity (Wildman–Crippen MR) is 103 cm³/mol. The van der Waals surface area contributed by atoms with Crippen LogP contribution in [-0.4, -0.2) is 47.7 Å². The van der Waals surface area contributed by atoms with Gasteiger partial charge in [0.2, 0.25) is 5.91 Å². The van der Waals surface area contributed by atoms with Crippen LogP contribution in [0.15, 0.2) is 24.3 Å². The number of nitrogens with zero attached hydrogens (tertiary/aromatic N) is 1. The lowest BCUT2D eigenvalue weighted by molar-refractivity contribution is -0.126. The van der Waals surface area contributed by atoms with Crippen LogP contribution in [0.3, 0.4) is 0 Å². The molecule has 3 rings (SSSR count). The van der Waals surface area contributed by atoms with Crippen molar-refractivity contribution in [2.24, 2.45) is 5.92 Å². The summed E-state index contributed by atoms with van der Waals surface area (Å²) in [6.45, 7) is 7.33. The maximum absolute atomic E-state index is 12.9. The van der Waals surface area contributed by atoms with Crippen LogP contribution in [0.25, 0.3) is 0 Å². The third-order valence-electron chi connectivity index (χ3n) is 5.20. The van der Waals surface area contributed by atoms with Crippen LogP contribution in [0.4, 0.5) is 4.79 Å². The quantitative estimate of drug-likeness (QED) is 0.802. The zero-order chi connectivity index (χ0) is 20.6. The minimum absolute atomic E-state index is 0.111. The highest BCUT2D eigenvalue weighted by molar-refractivity contribution is 5.89. The van der Waals surface area contributed by atoms with Gasteiger partial charge in [-0.2, -0.15) is 0 Å². The first kappa shape index (κ1) is 20.2. The van der Waals surface area contributed by atoms with Crippen molar-refractivity contribution in [3.63, 3.8) is 0 Å². The maximum Gasteiger partial charge on any atom is 0.411 e. The Labute approximate surface area is 165 Å². The number of esters is 1. The molecule has 1 aromatic rings. The molecule has 1 saturated heterocycles. The van der Waals surface area contributed by atoms with E-state index in [9.17, 15) is 14.4 Å². The van der Waals surface area contributed by atoms with Crippen LogP contribution in [0.1, 0.15) is 62.5 Å². The lowest BCUT2D eigenvalue weighted by atomic mass is 10.0. The van der Waals surface area contributed by atoms with Crippen LogP contribution >= 0.6 is 0 Å². The molecular formula is C21H28N2O5. The lowest BCUT2D eigenvalue weighted by Crippen LogP contribution is -2.49. The molecule has 0 spiro atoms. The highest BCUT2D eigenvalue weighted by atomic mass is 16.6. The second-order valence-electron chi connectivity index (χ2n) is 8.55. The lowest BCUT2D eigenvalue weighted by Gasteiger charge is -2.30.